The van der Waals surface area contributed by atoms with Gasteiger partial charge < -0.3 is 14.9 Å². The Labute approximate surface area is 231 Å². The average molecular weight is 575 g/mol. The number of sulfonamides is 1. The molecule has 0 aliphatic carbocycles. The number of nitrogens with one attached hydrogen (secondary N) is 1. The molecule has 2 aromatic heterocycles. The number of hydrogen-bond donors (Lipinski definition) is 2. The molecular weight excluding hydrogens is 544 g/mol. The average Bonchev–Trinajstić information content (AvgIpc) is 3.46. The number of rotatable bonds is 6. The second-order valence-electron chi connectivity index (χ2n) is 10.4. The summed E-state index contributed by atoms with van der Waals surface area (Å²) in [4.78, 5) is 34.1. The first-order valence-corrected chi connectivity index (χ1v) is 15.1. The fraction of sp³-hybridized carbons (Fsp3) is 0.462. The molecule has 13 heteroatoms. The first kappa shape index (κ1) is 27.4. The van der Waals surface area contributed by atoms with Crippen LogP contribution in [0.1, 0.15) is 53.8 Å². The number of amides is 1. The van der Waals surface area contributed by atoms with Gasteiger partial charge in [0, 0.05) is 42.5 Å². The highest BCUT2D eigenvalue weighted by molar-refractivity contribution is 7.92. The van der Waals surface area contributed by atoms with Gasteiger partial charge in [-0.1, -0.05) is 11.6 Å². The zero-order valence-electron chi connectivity index (χ0n) is 22.0. The molecule has 5 rings (SSSR count). The molecule has 4 heterocycles. The van der Waals surface area contributed by atoms with Crippen LogP contribution in [0.4, 0.5) is 11.5 Å². The number of halogens is 1. The van der Waals surface area contributed by atoms with Crippen LogP contribution in [0, 0.1) is 12.8 Å². The minimum atomic E-state index is -3.61. The van der Waals surface area contributed by atoms with E-state index in [-0.39, 0.29) is 29.0 Å². The summed E-state index contributed by atoms with van der Waals surface area (Å²) in [6.45, 7) is 4.60. The Balaban J connectivity index is 1.47. The third-order valence-corrected chi connectivity index (χ3v) is 8.17. The zero-order chi connectivity index (χ0) is 28.1. The lowest BCUT2D eigenvalue weighted by Gasteiger charge is -2.35. The Kier molecular flexibility index (Phi) is 7.29. The first-order valence-electron chi connectivity index (χ1n) is 12.8. The Bertz CT molecular complexity index is 1560. The van der Waals surface area contributed by atoms with E-state index < -0.39 is 22.0 Å². The molecule has 208 valence electrons. The van der Waals surface area contributed by atoms with Crippen molar-refractivity contribution >= 4 is 50.5 Å². The van der Waals surface area contributed by atoms with Crippen molar-refractivity contribution in [1.82, 2.24) is 19.5 Å². The summed E-state index contributed by atoms with van der Waals surface area (Å²) in [5.74, 6) is -0.148. The van der Waals surface area contributed by atoms with Crippen LogP contribution in [-0.4, -0.2) is 76.7 Å². The molecule has 3 atom stereocenters. The van der Waals surface area contributed by atoms with Crippen LogP contribution < -0.4 is 9.62 Å². The lowest BCUT2D eigenvalue weighted by Crippen LogP contribution is -2.39. The normalized spacial score (nSPS) is 21.9. The number of aromatic nitrogens is 3. The first-order chi connectivity index (χ1) is 18.4. The number of fused-ring (bicyclic) bond motifs is 1. The molecule has 39 heavy (non-hydrogen) atoms. The van der Waals surface area contributed by atoms with E-state index in [2.05, 4.69) is 4.72 Å². The fourth-order valence-electron chi connectivity index (χ4n) is 5.48. The topological polar surface area (TPSA) is 137 Å². The van der Waals surface area contributed by atoms with Gasteiger partial charge >= 0.3 is 0 Å². The van der Waals surface area contributed by atoms with Crippen LogP contribution in [0.25, 0.3) is 5.65 Å². The van der Waals surface area contributed by atoms with Gasteiger partial charge in [0.2, 0.25) is 10.0 Å². The molecule has 0 bridgehead atoms. The Morgan fingerprint density at radius 1 is 1.18 bits per heavy atom. The summed E-state index contributed by atoms with van der Waals surface area (Å²) in [5, 5.41) is 15.4. The molecule has 2 fully saturated rings. The van der Waals surface area contributed by atoms with Crippen LogP contribution in [-0.2, 0) is 14.8 Å². The number of Topliss-reactive ketones (excluding diaryl/α,β-unsaturated/α-hetero) is 1. The quantitative estimate of drug-likeness (QED) is 0.458. The van der Waals surface area contributed by atoms with E-state index in [4.69, 9.17) is 21.7 Å². The highest BCUT2D eigenvalue weighted by Crippen LogP contribution is 2.35. The molecule has 1 aromatic carbocycles. The van der Waals surface area contributed by atoms with Crippen molar-refractivity contribution in [3.8, 4) is 0 Å². The molecule has 2 aliphatic rings. The van der Waals surface area contributed by atoms with E-state index in [1.165, 1.54) is 25.1 Å². The SMILES string of the molecule is CC(=O)[C@@H]1CN(c2nc3cc([C@@H]4CCCCN4C(=O)c4cc(Cl)ccc4NS(C)(=O)=O)nn3cc2C)C[C@H]1O. The van der Waals surface area contributed by atoms with Gasteiger partial charge in [-0.15, -0.1) is 0 Å². The predicted molar refractivity (Wildman–Crippen MR) is 148 cm³/mol. The third kappa shape index (κ3) is 5.59. The van der Waals surface area contributed by atoms with Crippen molar-refractivity contribution in [3.63, 3.8) is 0 Å². The molecule has 2 saturated heterocycles. The van der Waals surface area contributed by atoms with Crippen LogP contribution in [0.15, 0.2) is 30.5 Å². The number of hydrogen-bond acceptors (Lipinski definition) is 8. The third-order valence-electron chi connectivity index (χ3n) is 7.35. The molecular formula is C26H31ClN6O5S. The number of nitrogens with zero attached hydrogens (tertiary/aromatic N) is 5. The van der Waals surface area contributed by atoms with Gasteiger partial charge in [0.1, 0.15) is 11.6 Å². The van der Waals surface area contributed by atoms with Crippen molar-refractivity contribution in [1.29, 1.82) is 0 Å². The molecule has 0 radical (unpaired) electrons. The number of aryl methyl sites for hydroxylation is 1. The van der Waals surface area contributed by atoms with Crippen molar-refractivity contribution < 1.29 is 23.1 Å². The summed E-state index contributed by atoms with van der Waals surface area (Å²) < 4.78 is 27.9. The summed E-state index contributed by atoms with van der Waals surface area (Å²) in [6.07, 6.45) is 4.55. The Morgan fingerprint density at radius 2 is 1.95 bits per heavy atom. The van der Waals surface area contributed by atoms with E-state index in [1.54, 1.807) is 9.42 Å². The maximum absolute atomic E-state index is 13.8. The number of likely N-dealkylation sites (tertiary alicyclic amines) is 1. The van der Waals surface area contributed by atoms with Crippen molar-refractivity contribution in [3.05, 3.63) is 52.3 Å². The van der Waals surface area contributed by atoms with Gasteiger partial charge in [0.25, 0.3) is 5.91 Å². The lowest BCUT2D eigenvalue weighted by molar-refractivity contribution is -0.122. The Morgan fingerprint density at radius 3 is 2.64 bits per heavy atom. The lowest BCUT2D eigenvalue weighted by atomic mass is 9.98. The van der Waals surface area contributed by atoms with Gasteiger partial charge in [-0.25, -0.2) is 17.9 Å². The highest BCUT2D eigenvalue weighted by atomic mass is 35.5. The molecule has 2 aliphatic heterocycles. The number of aliphatic hydroxyl groups excluding tert-OH is 1. The van der Waals surface area contributed by atoms with Crippen molar-refractivity contribution in [2.24, 2.45) is 5.92 Å². The number of anilines is 2. The largest absolute Gasteiger partial charge is 0.390 e. The molecule has 1 amide bonds. The monoisotopic (exact) mass is 574 g/mol. The number of piperidine rings is 1. The van der Waals surface area contributed by atoms with Gasteiger partial charge in [-0.05, 0) is 51.3 Å². The number of ketones is 1. The van der Waals surface area contributed by atoms with Gasteiger partial charge in [-0.2, -0.15) is 5.10 Å². The summed E-state index contributed by atoms with van der Waals surface area (Å²) in [7, 11) is -3.61. The maximum atomic E-state index is 13.8. The zero-order valence-corrected chi connectivity index (χ0v) is 23.5. The van der Waals surface area contributed by atoms with Gasteiger partial charge in [0.05, 0.1) is 41.3 Å². The number of benzene rings is 1. The summed E-state index contributed by atoms with van der Waals surface area (Å²) >= 11 is 6.19. The van der Waals surface area contributed by atoms with E-state index in [0.717, 1.165) is 24.7 Å². The number of β-amino-alcohol motifs (C(OH)–C–C–N with tert-alkyl or cyclic N) is 1. The van der Waals surface area contributed by atoms with Crippen LogP contribution in [0.5, 0.6) is 0 Å². The van der Waals surface area contributed by atoms with Gasteiger partial charge in [-0.3, -0.25) is 14.3 Å². The smallest absolute Gasteiger partial charge is 0.256 e. The standard InChI is InChI=1S/C26H31ClN6O5S/c1-15-12-33-24(28-25(15)31-13-19(16(2)34)23(35)14-31)11-21(29-33)22-6-4-5-9-32(22)26(36)18-10-17(27)7-8-20(18)30-39(3,37)38/h7-8,10-12,19,22-23,30,35H,4-6,9,13-14H2,1-3H3/t19-,22-,23+/m0/s1. The molecule has 0 saturated carbocycles. The minimum absolute atomic E-state index is 0.0491. The fourth-order valence-corrected chi connectivity index (χ4v) is 6.23. The predicted octanol–water partition coefficient (Wildman–Crippen LogP) is 2.82. The second kappa shape index (κ2) is 10.4. The number of carbonyl (C=O) groups excluding carboxylic acids is 2. The van der Waals surface area contributed by atoms with E-state index in [9.17, 15) is 23.1 Å². The maximum Gasteiger partial charge on any atom is 0.256 e. The van der Waals surface area contributed by atoms with Crippen LogP contribution in [0.3, 0.4) is 0 Å². The minimum Gasteiger partial charge on any atom is -0.390 e. The molecule has 3 aromatic rings. The van der Waals surface area contributed by atoms with Crippen LogP contribution in [0.2, 0.25) is 5.02 Å². The molecule has 11 nitrogen and oxygen atoms in total. The second-order valence-corrected chi connectivity index (χ2v) is 12.6. The Hall–Kier alpha value is -3.22. The summed E-state index contributed by atoms with van der Waals surface area (Å²) in [6, 6.07) is 6.01. The molecule has 0 unspecified atom stereocenters. The molecule has 0 spiro atoms. The van der Waals surface area contributed by atoms with E-state index >= 15 is 0 Å². The number of aliphatic hydroxyl groups is 1. The van der Waals surface area contributed by atoms with Crippen molar-refractivity contribution in [2.75, 3.05) is 35.5 Å². The highest BCUT2D eigenvalue weighted by Gasteiger charge is 2.36. The van der Waals surface area contributed by atoms with Gasteiger partial charge in [0.15, 0.2) is 5.65 Å². The van der Waals surface area contributed by atoms with E-state index in [0.29, 0.717) is 48.2 Å². The summed E-state index contributed by atoms with van der Waals surface area (Å²) in [5.41, 5.74) is 2.46. The number of carbonyl (C=O) groups is 2. The van der Waals surface area contributed by atoms with E-state index in [1.807, 2.05) is 24.1 Å². The molecule has 2 N–H and O–H groups in total. The van der Waals surface area contributed by atoms with Crippen molar-refractivity contribution in [2.45, 2.75) is 45.3 Å². The van der Waals surface area contributed by atoms with Crippen LogP contribution >= 0.6 is 11.6 Å².